The van der Waals surface area contributed by atoms with E-state index in [-0.39, 0.29) is 5.56 Å². The van der Waals surface area contributed by atoms with Crippen LogP contribution in [0.4, 0.5) is 0 Å². The van der Waals surface area contributed by atoms with Gasteiger partial charge in [0, 0.05) is 43.0 Å². The minimum atomic E-state index is 0.0180. The van der Waals surface area contributed by atoms with Crippen molar-refractivity contribution in [2.45, 2.75) is 19.5 Å². The maximum atomic E-state index is 11.5. The van der Waals surface area contributed by atoms with E-state index < -0.39 is 0 Å². The smallest absolute Gasteiger partial charge is 0.250 e. The van der Waals surface area contributed by atoms with E-state index in [0.717, 1.165) is 11.0 Å². The molecule has 1 aromatic heterocycles. The molecule has 1 aromatic rings. The van der Waals surface area contributed by atoms with E-state index in [2.05, 4.69) is 21.2 Å². The summed E-state index contributed by atoms with van der Waals surface area (Å²) in [5.74, 6) is 0. The number of hydrogen-bond donors (Lipinski definition) is 1. The lowest BCUT2D eigenvalue weighted by Crippen LogP contribution is -2.34. The van der Waals surface area contributed by atoms with Crippen LogP contribution in [0.1, 0.15) is 6.92 Å². The van der Waals surface area contributed by atoms with E-state index in [9.17, 15) is 4.79 Å². The standard InChI is InChI=1S/C11H17BrN2O2/c1-9(8-16-2)13-5-6-14-7-10(12)3-4-11(14)15/h3-4,7,9,13H,5-6,8H2,1-2H3. The summed E-state index contributed by atoms with van der Waals surface area (Å²) in [6.07, 6.45) is 1.80. The summed E-state index contributed by atoms with van der Waals surface area (Å²) in [7, 11) is 1.68. The van der Waals surface area contributed by atoms with Gasteiger partial charge in [0.15, 0.2) is 0 Å². The molecule has 90 valence electrons. The molecule has 0 saturated carbocycles. The Labute approximate surface area is 104 Å². The zero-order valence-electron chi connectivity index (χ0n) is 9.57. The van der Waals surface area contributed by atoms with Gasteiger partial charge in [-0.2, -0.15) is 0 Å². The lowest BCUT2D eigenvalue weighted by atomic mass is 10.3. The molecule has 0 spiro atoms. The highest BCUT2D eigenvalue weighted by Crippen LogP contribution is 2.04. The van der Waals surface area contributed by atoms with Crippen molar-refractivity contribution in [2.75, 3.05) is 20.3 Å². The predicted molar refractivity (Wildman–Crippen MR) is 67.7 cm³/mol. The number of aromatic nitrogens is 1. The minimum Gasteiger partial charge on any atom is -0.383 e. The fourth-order valence-corrected chi connectivity index (χ4v) is 1.80. The number of methoxy groups -OCH3 is 1. The zero-order chi connectivity index (χ0) is 12.0. The predicted octanol–water partition coefficient (Wildman–Crippen LogP) is 1.24. The molecule has 0 fully saturated rings. The van der Waals surface area contributed by atoms with Crippen molar-refractivity contribution in [1.82, 2.24) is 9.88 Å². The minimum absolute atomic E-state index is 0.0180. The van der Waals surface area contributed by atoms with Crippen LogP contribution < -0.4 is 10.9 Å². The second-order valence-corrected chi connectivity index (χ2v) is 4.61. The summed E-state index contributed by atoms with van der Waals surface area (Å²) in [5.41, 5.74) is 0.0180. The Hall–Kier alpha value is -0.650. The van der Waals surface area contributed by atoms with Gasteiger partial charge < -0.3 is 14.6 Å². The van der Waals surface area contributed by atoms with Gasteiger partial charge in [0.1, 0.15) is 0 Å². The Morgan fingerprint density at radius 1 is 1.56 bits per heavy atom. The zero-order valence-corrected chi connectivity index (χ0v) is 11.2. The van der Waals surface area contributed by atoms with E-state index in [1.807, 2.05) is 6.92 Å². The van der Waals surface area contributed by atoms with Crippen LogP contribution in [0.3, 0.4) is 0 Å². The van der Waals surface area contributed by atoms with Gasteiger partial charge in [0.25, 0.3) is 5.56 Å². The number of nitrogens with zero attached hydrogens (tertiary/aromatic N) is 1. The molecule has 1 rings (SSSR count). The summed E-state index contributed by atoms with van der Waals surface area (Å²) in [6.45, 7) is 4.13. The molecule has 0 aromatic carbocycles. The highest BCUT2D eigenvalue weighted by molar-refractivity contribution is 9.10. The quantitative estimate of drug-likeness (QED) is 0.856. The molecule has 1 atom stereocenters. The van der Waals surface area contributed by atoms with Crippen molar-refractivity contribution in [2.24, 2.45) is 0 Å². The van der Waals surface area contributed by atoms with Crippen LogP contribution in [0, 0.1) is 0 Å². The first-order chi connectivity index (χ1) is 7.63. The van der Waals surface area contributed by atoms with Crippen LogP contribution in [0.2, 0.25) is 0 Å². The number of pyridine rings is 1. The van der Waals surface area contributed by atoms with Crippen LogP contribution in [0.25, 0.3) is 0 Å². The molecule has 0 aliphatic rings. The monoisotopic (exact) mass is 288 g/mol. The average molecular weight is 289 g/mol. The normalized spacial score (nSPS) is 12.7. The topological polar surface area (TPSA) is 43.3 Å². The van der Waals surface area contributed by atoms with Crippen molar-refractivity contribution in [3.05, 3.63) is 33.2 Å². The van der Waals surface area contributed by atoms with Crippen LogP contribution in [0.15, 0.2) is 27.6 Å². The molecule has 0 radical (unpaired) electrons. The lowest BCUT2D eigenvalue weighted by Gasteiger charge is -2.13. The number of hydrogen-bond acceptors (Lipinski definition) is 3. The van der Waals surface area contributed by atoms with Crippen LogP contribution in [0.5, 0.6) is 0 Å². The third-order valence-electron chi connectivity index (χ3n) is 2.21. The van der Waals surface area contributed by atoms with Crippen molar-refractivity contribution in [3.63, 3.8) is 0 Å². The summed E-state index contributed by atoms with van der Waals surface area (Å²) < 4.78 is 7.60. The van der Waals surface area contributed by atoms with Crippen molar-refractivity contribution in [1.29, 1.82) is 0 Å². The third-order valence-corrected chi connectivity index (χ3v) is 2.68. The number of nitrogens with one attached hydrogen (secondary N) is 1. The van der Waals surface area contributed by atoms with Crippen molar-refractivity contribution in [3.8, 4) is 0 Å². The average Bonchev–Trinajstić information content (AvgIpc) is 2.23. The molecule has 1 unspecified atom stereocenters. The molecule has 0 amide bonds. The van der Waals surface area contributed by atoms with Gasteiger partial charge in [0.05, 0.1) is 6.61 Å². The van der Waals surface area contributed by atoms with E-state index >= 15 is 0 Å². The largest absolute Gasteiger partial charge is 0.383 e. The Balaban J connectivity index is 2.43. The fourth-order valence-electron chi connectivity index (χ4n) is 1.42. The second kappa shape index (κ2) is 6.83. The van der Waals surface area contributed by atoms with Gasteiger partial charge in [-0.25, -0.2) is 0 Å². The van der Waals surface area contributed by atoms with Crippen molar-refractivity contribution < 1.29 is 4.74 Å². The van der Waals surface area contributed by atoms with Crippen LogP contribution >= 0.6 is 15.9 Å². The maximum Gasteiger partial charge on any atom is 0.250 e. The Morgan fingerprint density at radius 3 is 3.00 bits per heavy atom. The van der Waals surface area contributed by atoms with E-state index in [1.165, 1.54) is 0 Å². The van der Waals surface area contributed by atoms with E-state index in [4.69, 9.17) is 4.74 Å². The molecule has 1 heterocycles. The number of rotatable bonds is 6. The molecule has 0 saturated heterocycles. The first-order valence-corrected chi connectivity index (χ1v) is 6.01. The molecule has 1 N–H and O–H groups in total. The van der Waals surface area contributed by atoms with Crippen molar-refractivity contribution >= 4 is 15.9 Å². The van der Waals surface area contributed by atoms with Gasteiger partial charge in [-0.05, 0) is 28.9 Å². The summed E-state index contributed by atoms with van der Waals surface area (Å²) in [6, 6.07) is 3.61. The van der Waals surface area contributed by atoms with E-state index in [1.54, 1.807) is 30.0 Å². The number of halogens is 1. The number of ether oxygens (including phenoxy) is 1. The summed E-state index contributed by atoms with van der Waals surface area (Å²) >= 11 is 3.34. The summed E-state index contributed by atoms with van der Waals surface area (Å²) in [4.78, 5) is 11.5. The maximum absolute atomic E-state index is 11.5. The molecule has 16 heavy (non-hydrogen) atoms. The first-order valence-electron chi connectivity index (χ1n) is 5.22. The third kappa shape index (κ3) is 4.47. The lowest BCUT2D eigenvalue weighted by molar-refractivity contribution is 0.172. The Morgan fingerprint density at radius 2 is 2.31 bits per heavy atom. The molecular formula is C11H17BrN2O2. The van der Waals surface area contributed by atoms with Crippen LogP contribution in [-0.4, -0.2) is 30.9 Å². The molecular weight excluding hydrogens is 272 g/mol. The highest BCUT2D eigenvalue weighted by atomic mass is 79.9. The molecule has 5 heteroatoms. The van der Waals surface area contributed by atoms with E-state index in [0.29, 0.717) is 19.2 Å². The Kier molecular flexibility index (Phi) is 5.73. The molecule has 4 nitrogen and oxygen atoms in total. The Bertz CT molecular complexity index is 378. The van der Waals surface area contributed by atoms with Gasteiger partial charge >= 0.3 is 0 Å². The van der Waals surface area contributed by atoms with Gasteiger partial charge in [-0.15, -0.1) is 0 Å². The highest BCUT2D eigenvalue weighted by Gasteiger charge is 2.00. The second-order valence-electron chi connectivity index (χ2n) is 3.69. The fraction of sp³-hybridized carbons (Fsp3) is 0.545. The van der Waals surface area contributed by atoms with Gasteiger partial charge in [0.2, 0.25) is 0 Å². The summed E-state index contributed by atoms with van der Waals surface area (Å²) in [5, 5.41) is 3.28. The molecule has 0 bridgehead atoms. The molecule has 0 aliphatic heterocycles. The van der Waals surface area contributed by atoms with Gasteiger partial charge in [-0.1, -0.05) is 0 Å². The van der Waals surface area contributed by atoms with Crippen LogP contribution in [-0.2, 0) is 11.3 Å². The SMILES string of the molecule is COCC(C)NCCn1cc(Br)ccc1=O. The first kappa shape index (κ1) is 13.4. The van der Waals surface area contributed by atoms with Gasteiger partial charge in [-0.3, -0.25) is 4.79 Å². The molecule has 0 aliphatic carbocycles.